The molecule has 2 atom stereocenters. The molecule has 128 valence electrons. The Kier molecular flexibility index (Phi) is 3.24. The number of fused-ring (bicyclic) bond motifs is 5. The predicted octanol–water partition coefficient (Wildman–Crippen LogP) is 4.33. The molecule has 0 saturated heterocycles. The quantitative estimate of drug-likeness (QED) is 0.781. The summed E-state index contributed by atoms with van der Waals surface area (Å²) in [6.45, 7) is 7.75. The van der Waals surface area contributed by atoms with Crippen molar-refractivity contribution in [2.75, 3.05) is 0 Å². The molecule has 0 amide bonds. The second-order valence-corrected chi connectivity index (χ2v) is 7.42. The van der Waals surface area contributed by atoms with E-state index in [4.69, 9.17) is 0 Å². The Morgan fingerprint density at radius 3 is 2.60 bits per heavy atom. The number of hydrogen-bond acceptors (Lipinski definition) is 3. The van der Waals surface area contributed by atoms with Crippen molar-refractivity contribution in [1.29, 1.82) is 0 Å². The SMILES string of the molecule is C=CC(=O)C12CC[C@@H](c3cc(-c4c(F)cccc4F)nnc31)C2(C)C. The molecule has 3 nitrogen and oxygen atoms in total. The summed E-state index contributed by atoms with van der Waals surface area (Å²) >= 11 is 0. The molecule has 0 spiro atoms. The molecule has 0 aliphatic heterocycles. The molecule has 2 aromatic rings. The van der Waals surface area contributed by atoms with Crippen molar-refractivity contribution in [2.24, 2.45) is 5.41 Å². The van der Waals surface area contributed by atoms with Gasteiger partial charge in [0.15, 0.2) is 5.78 Å². The summed E-state index contributed by atoms with van der Waals surface area (Å²) in [4.78, 5) is 12.7. The van der Waals surface area contributed by atoms with Crippen LogP contribution in [-0.4, -0.2) is 16.0 Å². The van der Waals surface area contributed by atoms with E-state index in [1.807, 2.05) is 0 Å². The topological polar surface area (TPSA) is 42.9 Å². The summed E-state index contributed by atoms with van der Waals surface area (Å²) in [5.74, 6) is -1.30. The summed E-state index contributed by atoms with van der Waals surface area (Å²) in [6.07, 6.45) is 2.89. The number of hydrogen-bond donors (Lipinski definition) is 0. The lowest BCUT2D eigenvalue weighted by Gasteiger charge is -2.35. The number of rotatable bonds is 3. The lowest BCUT2D eigenvalue weighted by Crippen LogP contribution is -2.42. The number of carbonyl (C=O) groups excluding carboxylic acids is 1. The predicted molar refractivity (Wildman–Crippen MR) is 90.0 cm³/mol. The van der Waals surface area contributed by atoms with Gasteiger partial charge in [0, 0.05) is 0 Å². The highest BCUT2D eigenvalue weighted by Crippen LogP contribution is 2.67. The van der Waals surface area contributed by atoms with Crippen LogP contribution in [0.15, 0.2) is 36.9 Å². The largest absolute Gasteiger partial charge is 0.294 e. The molecular weight excluding hydrogens is 322 g/mol. The highest BCUT2D eigenvalue weighted by Gasteiger charge is 2.66. The first kappa shape index (κ1) is 16.1. The fourth-order valence-electron chi connectivity index (χ4n) is 4.91. The van der Waals surface area contributed by atoms with Gasteiger partial charge in [-0.15, -0.1) is 5.10 Å². The van der Waals surface area contributed by atoms with E-state index in [2.05, 4.69) is 30.6 Å². The van der Waals surface area contributed by atoms with Crippen molar-refractivity contribution in [3.63, 3.8) is 0 Å². The summed E-state index contributed by atoms with van der Waals surface area (Å²) in [5.41, 5.74) is 0.426. The number of ketones is 1. The monoisotopic (exact) mass is 340 g/mol. The maximum Gasteiger partial charge on any atom is 0.167 e. The van der Waals surface area contributed by atoms with E-state index in [0.717, 1.165) is 12.0 Å². The van der Waals surface area contributed by atoms with Crippen LogP contribution in [-0.2, 0) is 10.2 Å². The minimum Gasteiger partial charge on any atom is -0.294 e. The maximum absolute atomic E-state index is 14.1. The second-order valence-electron chi connectivity index (χ2n) is 7.42. The summed E-state index contributed by atoms with van der Waals surface area (Å²) in [6, 6.07) is 5.42. The zero-order valence-electron chi connectivity index (χ0n) is 14.1. The van der Waals surface area contributed by atoms with Gasteiger partial charge in [0.2, 0.25) is 0 Å². The van der Waals surface area contributed by atoms with E-state index in [1.165, 1.54) is 24.3 Å². The Morgan fingerprint density at radius 2 is 1.96 bits per heavy atom. The Morgan fingerprint density at radius 1 is 1.28 bits per heavy atom. The van der Waals surface area contributed by atoms with Crippen molar-refractivity contribution in [2.45, 2.75) is 38.0 Å². The van der Waals surface area contributed by atoms with Crippen LogP contribution in [0.5, 0.6) is 0 Å². The first-order chi connectivity index (χ1) is 11.8. The number of carbonyl (C=O) groups is 1. The smallest absolute Gasteiger partial charge is 0.167 e. The van der Waals surface area contributed by atoms with Gasteiger partial charge in [-0.05, 0) is 54.0 Å². The second kappa shape index (κ2) is 5.04. The molecule has 1 heterocycles. The summed E-state index contributed by atoms with van der Waals surface area (Å²) in [5, 5.41) is 8.36. The first-order valence-electron chi connectivity index (χ1n) is 8.34. The van der Waals surface area contributed by atoms with Crippen LogP contribution in [0.3, 0.4) is 0 Å². The Labute approximate surface area is 144 Å². The normalized spacial score (nSPS) is 25.7. The lowest BCUT2D eigenvalue weighted by atomic mass is 9.66. The van der Waals surface area contributed by atoms with Crippen LogP contribution >= 0.6 is 0 Å². The van der Waals surface area contributed by atoms with Crippen LogP contribution in [0, 0.1) is 17.0 Å². The third-order valence-electron chi connectivity index (χ3n) is 6.21. The molecule has 1 saturated carbocycles. The molecule has 2 aliphatic rings. The third kappa shape index (κ3) is 1.81. The Hall–Kier alpha value is -2.43. The van der Waals surface area contributed by atoms with Gasteiger partial charge in [0.25, 0.3) is 0 Å². The van der Waals surface area contributed by atoms with Crippen LogP contribution in [0.2, 0.25) is 0 Å². The minimum absolute atomic E-state index is 0.0575. The van der Waals surface area contributed by atoms with Gasteiger partial charge < -0.3 is 0 Å². The van der Waals surface area contributed by atoms with Crippen LogP contribution in [0.4, 0.5) is 8.78 Å². The fraction of sp³-hybridized carbons (Fsp3) is 0.350. The first-order valence-corrected chi connectivity index (χ1v) is 8.34. The van der Waals surface area contributed by atoms with Crippen LogP contribution in [0.25, 0.3) is 11.3 Å². The van der Waals surface area contributed by atoms with Gasteiger partial charge in [-0.3, -0.25) is 4.79 Å². The molecule has 1 aromatic heterocycles. The van der Waals surface area contributed by atoms with Gasteiger partial charge in [-0.1, -0.05) is 26.5 Å². The number of allylic oxidation sites excluding steroid dienone is 1. The number of halogens is 2. The molecule has 4 rings (SSSR count). The van der Waals surface area contributed by atoms with Gasteiger partial charge in [0.05, 0.1) is 22.4 Å². The molecule has 5 heteroatoms. The average Bonchev–Trinajstić information content (AvgIpc) is 2.96. The molecular formula is C20H18F2N2O. The van der Waals surface area contributed by atoms with E-state index >= 15 is 0 Å². The zero-order chi connectivity index (χ0) is 18.0. The van der Waals surface area contributed by atoms with Gasteiger partial charge >= 0.3 is 0 Å². The molecule has 2 aliphatic carbocycles. The molecule has 0 N–H and O–H groups in total. The lowest BCUT2D eigenvalue weighted by molar-refractivity contribution is -0.122. The minimum atomic E-state index is -0.742. The van der Waals surface area contributed by atoms with Crippen LogP contribution < -0.4 is 0 Å². The number of aromatic nitrogens is 2. The summed E-state index contributed by atoms with van der Waals surface area (Å²) < 4.78 is 28.2. The van der Waals surface area contributed by atoms with E-state index in [1.54, 1.807) is 6.07 Å². The highest BCUT2D eigenvalue weighted by molar-refractivity contribution is 6.01. The van der Waals surface area contributed by atoms with Crippen molar-refractivity contribution < 1.29 is 13.6 Å². The number of nitrogens with zero attached hydrogens (tertiary/aromatic N) is 2. The standard InChI is InChI=1S/C20H18F2N2O/c1-4-16(25)20-9-8-12(19(20,2)3)11-10-15(23-24-18(11)20)17-13(21)6-5-7-14(17)22/h4-7,10,12H,1,8-9H2,2-3H3/t12-,20?/m0/s1. The Balaban J connectivity index is 1.94. The van der Waals surface area contributed by atoms with Crippen molar-refractivity contribution in [3.05, 3.63) is 59.8 Å². The fourth-order valence-corrected chi connectivity index (χ4v) is 4.91. The van der Waals surface area contributed by atoms with Gasteiger partial charge in [-0.2, -0.15) is 5.10 Å². The van der Waals surface area contributed by atoms with E-state index in [-0.39, 0.29) is 28.4 Å². The highest BCUT2D eigenvalue weighted by atomic mass is 19.1. The molecule has 1 unspecified atom stereocenters. The zero-order valence-corrected chi connectivity index (χ0v) is 14.1. The van der Waals surface area contributed by atoms with Crippen LogP contribution in [0.1, 0.15) is 43.9 Å². The van der Waals surface area contributed by atoms with Gasteiger partial charge in [-0.25, -0.2) is 8.78 Å². The molecule has 0 radical (unpaired) electrons. The summed E-state index contributed by atoms with van der Waals surface area (Å²) in [7, 11) is 0. The van der Waals surface area contributed by atoms with E-state index < -0.39 is 17.0 Å². The van der Waals surface area contributed by atoms with Gasteiger partial charge in [0.1, 0.15) is 11.6 Å². The molecule has 1 fully saturated rings. The van der Waals surface area contributed by atoms with Crippen molar-refractivity contribution >= 4 is 5.78 Å². The maximum atomic E-state index is 14.1. The number of benzene rings is 1. The van der Waals surface area contributed by atoms with Crippen molar-refractivity contribution in [1.82, 2.24) is 10.2 Å². The third-order valence-corrected chi connectivity index (χ3v) is 6.21. The molecule has 25 heavy (non-hydrogen) atoms. The Bertz CT molecular complexity index is 902. The van der Waals surface area contributed by atoms with E-state index in [0.29, 0.717) is 12.1 Å². The van der Waals surface area contributed by atoms with Crippen molar-refractivity contribution in [3.8, 4) is 11.3 Å². The molecule has 2 bridgehead atoms. The molecule has 1 aromatic carbocycles. The average molecular weight is 340 g/mol. The van der Waals surface area contributed by atoms with E-state index in [9.17, 15) is 13.6 Å².